The summed E-state index contributed by atoms with van der Waals surface area (Å²) in [6.07, 6.45) is 2.95. The van der Waals surface area contributed by atoms with Crippen molar-refractivity contribution in [1.82, 2.24) is 14.6 Å². The highest BCUT2D eigenvalue weighted by Crippen LogP contribution is 2.24. The summed E-state index contributed by atoms with van der Waals surface area (Å²) in [5.74, 6) is -4.30. The van der Waals surface area contributed by atoms with E-state index in [1.165, 1.54) is 29.0 Å². The molecule has 34 heavy (non-hydrogen) atoms. The van der Waals surface area contributed by atoms with E-state index < -0.39 is 44.6 Å². The fraction of sp³-hybridized carbons (Fsp3) is 0.136. The molecule has 0 unspecified atom stereocenters. The van der Waals surface area contributed by atoms with Crippen molar-refractivity contribution in [3.05, 3.63) is 77.9 Å². The van der Waals surface area contributed by atoms with Crippen LogP contribution in [0.2, 0.25) is 0 Å². The zero-order valence-electron chi connectivity index (χ0n) is 17.7. The van der Waals surface area contributed by atoms with Gasteiger partial charge >= 0.3 is 0 Å². The molecule has 0 fully saturated rings. The van der Waals surface area contributed by atoms with Crippen molar-refractivity contribution < 1.29 is 26.4 Å². The Balaban J connectivity index is 1.60. The minimum atomic E-state index is -3.86. The van der Waals surface area contributed by atoms with Gasteiger partial charge in [-0.15, -0.1) is 0 Å². The second-order valence-corrected chi connectivity index (χ2v) is 9.18. The molecule has 2 aromatic heterocycles. The number of carbonyl (C=O) groups is 1. The topological polar surface area (TPSA) is 105 Å². The predicted molar refractivity (Wildman–Crippen MR) is 120 cm³/mol. The fourth-order valence-electron chi connectivity index (χ4n) is 3.22. The van der Waals surface area contributed by atoms with Crippen LogP contribution >= 0.6 is 0 Å². The van der Waals surface area contributed by atoms with E-state index in [0.29, 0.717) is 16.9 Å². The summed E-state index contributed by atoms with van der Waals surface area (Å²) in [5, 5.41) is 6.65. The van der Waals surface area contributed by atoms with Crippen molar-refractivity contribution >= 4 is 33.0 Å². The van der Waals surface area contributed by atoms with Crippen LogP contribution in [0, 0.1) is 17.5 Å². The number of nitrogens with zero attached hydrogens (tertiary/aromatic N) is 3. The number of sulfonamides is 1. The van der Waals surface area contributed by atoms with Crippen molar-refractivity contribution in [3.63, 3.8) is 0 Å². The second-order valence-electron chi connectivity index (χ2n) is 7.34. The van der Waals surface area contributed by atoms with Crippen LogP contribution in [0.3, 0.4) is 0 Å². The molecular formula is C22H18F3N5O3S. The smallest absolute Gasteiger partial charge is 0.261 e. The Kier molecular flexibility index (Phi) is 6.24. The highest BCUT2D eigenvalue weighted by molar-refractivity contribution is 7.92. The molecule has 0 spiro atoms. The number of benzene rings is 2. The van der Waals surface area contributed by atoms with Crippen LogP contribution in [0.5, 0.6) is 0 Å². The summed E-state index contributed by atoms with van der Waals surface area (Å²) in [7, 11) is -3.86. The maximum absolute atomic E-state index is 14.8. The maximum atomic E-state index is 14.8. The number of aromatic nitrogens is 3. The van der Waals surface area contributed by atoms with E-state index in [1.54, 1.807) is 25.1 Å². The third kappa shape index (κ3) is 4.86. The molecule has 0 aliphatic heterocycles. The Bertz CT molecular complexity index is 1490. The van der Waals surface area contributed by atoms with Crippen molar-refractivity contribution in [1.29, 1.82) is 0 Å². The first kappa shape index (κ1) is 23.2. The highest BCUT2D eigenvalue weighted by atomic mass is 32.2. The van der Waals surface area contributed by atoms with Crippen LogP contribution in [0.4, 0.5) is 24.5 Å². The maximum Gasteiger partial charge on any atom is 0.261 e. The van der Waals surface area contributed by atoms with Crippen molar-refractivity contribution in [2.24, 2.45) is 0 Å². The Morgan fingerprint density at radius 1 is 1.09 bits per heavy atom. The van der Waals surface area contributed by atoms with Gasteiger partial charge in [-0.3, -0.25) is 9.52 Å². The largest absolute Gasteiger partial charge is 0.319 e. The van der Waals surface area contributed by atoms with Crippen LogP contribution in [0.1, 0.15) is 23.7 Å². The molecule has 1 amide bonds. The van der Waals surface area contributed by atoms with E-state index in [4.69, 9.17) is 0 Å². The third-order valence-electron chi connectivity index (χ3n) is 4.77. The lowest BCUT2D eigenvalue weighted by atomic mass is 10.1. The van der Waals surface area contributed by atoms with E-state index in [-0.39, 0.29) is 17.9 Å². The monoisotopic (exact) mass is 489 g/mol. The van der Waals surface area contributed by atoms with E-state index >= 15 is 0 Å². The Morgan fingerprint density at radius 2 is 1.82 bits per heavy atom. The molecule has 2 aromatic carbocycles. The number of fused-ring (bicyclic) bond motifs is 1. The highest BCUT2D eigenvalue weighted by Gasteiger charge is 2.23. The Hall–Kier alpha value is -3.93. The van der Waals surface area contributed by atoms with Gasteiger partial charge in [-0.1, -0.05) is 6.92 Å². The molecule has 176 valence electrons. The number of anilines is 2. The lowest BCUT2D eigenvalue weighted by Crippen LogP contribution is -2.20. The number of nitrogens with one attached hydrogen (secondary N) is 2. The van der Waals surface area contributed by atoms with E-state index in [2.05, 4.69) is 15.4 Å². The van der Waals surface area contributed by atoms with E-state index in [1.807, 2.05) is 4.72 Å². The van der Waals surface area contributed by atoms with Gasteiger partial charge < -0.3 is 5.32 Å². The van der Waals surface area contributed by atoms with Gasteiger partial charge in [0.15, 0.2) is 11.5 Å². The quantitative estimate of drug-likeness (QED) is 0.405. The van der Waals surface area contributed by atoms with Gasteiger partial charge in [-0.25, -0.2) is 31.1 Å². The Morgan fingerprint density at radius 3 is 2.53 bits per heavy atom. The predicted octanol–water partition coefficient (Wildman–Crippen LogP) is 4.22. The average Bonchev–Trinajstić information content (AvgIpc) is 3.19. The molecule has 2 heterocycles. The summed E-state index contributed by atoms with van der Waals surface area (Å²) in [6, 6.07) is 9.02. The first-order chi connectivity index (χ1) is 16.2. The third-order valence-corrected chi connectivity index (χ3v) is 6.24. The minimum absolute atomic E-state index is 0.0852. The first-order valence-corrected chi connectivity index (χ1v) is 11.7. The molecule has 4 aromatic rings. The van der Waals surface area contributed by atoms with E-state index in [0.717, 1.165) is 12.1 Å². The van der Waals surface area contributed by atoms with Gasteiger partial charge in [0.05, 0.1) is 35.2 Å². The van der Waals surface area contributed by atoms with Crippen LogP contribution < -0.4 is 10.0 Å². The van der Waals surface area contributed by atoms with Crippen LogP contribution in [-0.4, -0.2) is 34.7 Å². The molecule has 0 saturated carbocycles. The lowest BCUT2D eigenvalue weighted by molar-refractivity contribution is 0.101. The zero-order valence-corrected chi connectivity index (χ0v) is 18.5. The van der Waals surface area contributed by atoms with E-state index in [9.17, 15) is 26.4 Å². The van der Waals surface area contributed by atoms with Crippen molar-refractivity contribution in [3.8, 4) is 11.3 Å². The summed E-state index contributed by atoms with van der Waals surface area (Å²) in [4.78, 5) is 16.8. The summed E-state index contributed by atoms with van der Waals surface area (Å²) in [6.45, 7) is 1.63. The summed E-state index contributed by atoms with van der Waals surface area (Å²) in [5.41, 5.74) is 0.155. The number of halogens is 3. The van der Waals surface area contributed by atoms with Gasteiger partial charge in [0.25, 0.3) is 5.91 Å². The van der Waals surface area contributed by atoms with Gasteiger partial charge in [0.1, 0.15) is 17.2 Å². The molecule has 0 radical (unpaired) electrons. The van der Waals surface area contributed by atoms with Gasteiger partial charge in [0, 0.05) is 11.6 Å². The summed E-state index contributed by atoms with van der Waals surface area (Å²) < 4.78 is 69.6. The zero-order chi connectivity index (χ0) is 24.5. The molecule has 0 atom stereocenters. The van der Waals surface area contributed by atoms with Crippen LogP contribution in [0.15, 0.2) is 54.9 Å². The number of amides is 1. The SMILES string of the molecule is CCCS(=O)(=O)Nc1ccc(F)c(C(=O)Nc2cnc3cc(-c4ccc(F)cc4)nn3c2)c1F. The lowest BCUT2D eigenvalue weighted by Gasteiger charge is -2.12. The molecule has 2 N–H and O–H groups in total. The molecular weight excluding hydrogens is 471 g/mol. The number of rotatable bonds is 7. The van der Waals surface area contributed by atoms with Gasteiger partial charge in [-0.05, 0) is 42.8 Å². The molecule has 0 bridgehead atoms. The molecule has 0 saturated heterocycles. The number of hydrogen-bond acceptors (Lipinski definition) is 5. The van der Waals surface area contributed by atoms with Crippen LogP contribution in [-0.2, 0) is 10.0 Å². The normalized spacial score (nSPS) is 11.5. The number of carbonyl (C=O) groups excluding carboxylic acids is 1. The van der Waals surface area contributed by atoms with Gasteiger partial charge in [-0.2, -0.15) is 5.10 Å². The molecule has 12 heteroatoms. The standard InChI is InChI=1S/C22H18F3N5O3S/c1-2-9-34(32,33)29-17-8-7-16(24)20(21(17)25)22(31)27-15-11-26-19-10-18(28-30(19)12-15)13-3-5-14(23)6-4-13/h3-8,10-12,29H,2,9H2,1H3,(H,27,31). The fourth-order valence-corrected chi connectivity index (χ4v) is 4.36. The second kappa shape index (κ2) is 9.14. The summed E-state index contributed by atoms with van der Waals surface area (Å²) >= 11 is 0. The Labute approximate surface area is 192 Å². The average molecular weight is 489 g/mol. The molecule has 8 nitrogen and oxygen atoms in total. The van der Waals surface area contributed by atoms with Crippen molar-refractivity contribution in [2.45, 2.75) is 13.3 Å². The molecule has 4 rings (SSSR count). The minimum Gasteiger partial charge on any atom is -0.319 e. The molecule has 0 aliphatic rings. The molecule has 0 aliphatic carbocycles. The first-order valence-electron chi connectivity index (χ1n) is 10.1. The van der Waals surface area contributed by atoms with Crippen molar-refractivity contribution in [2.75, 3.05) is 15.8 Å². The van der Waals surface area contributed by atoms with Crippen LogP contribution in [0.25, 0.3) is 16.9 Å². The number of hydrogen-bond donors (Lipinski definition) is 2. The van der Waals surface area contributed by atoms with Gasteiger partial charge in [0.2, 0.25) is 10.0 Å².